The third-order valence-electron chi connectivity index (χ3n) is 5.15. The molecule has 0 unspecified atom stereocenters. The van der Waals surface area contributed by atoms with E-state index in [9.17, 15) is 14.4 Å². The lowest BCUT2D eigenvalue weighted by Gasteiger charge is -2.20. The average Bonchev–Trinajstić information content (AvgIpc) is 3.41. The number of hydrogen-bond acceptors (Lipinski definition) is 4. The third kappa shape index (κ3) is 3.52. The number of methoxy groups -OCH3 is 1. The molecule has 1 saturated carbocycles. The molecule has 2 N–H and O–H groups in total. The number of rotatable bonds is 7. The summed E-state index contributed by atoms with van der Waals surface area (Å²) in [6, 6.07) is 5.40. The standard InChI is InChI=1S/C19H25N3O4/c1-12-4-7-15(26-3)13(10-12)8-9-20-16(23)11-22-17(24)19(2,14-5-6-14)21-18(22)25/h4,7,10,14H,5-6,8-9,11H2,1-3H3,(H,20,23)(H,21,25)/t19-/m0/s1. The molecule has 3 rings (SSSR count). The highest BCUT2D eigenvalue weighted by atomic mass is 16.5. The van der Waals surface area contributed by atoms with E-state index in [2.05, 4.69) is 10.6 Å². The van der Waals surface area contributed by atoms with E-state index in [0.29, 0.717) is 13.0 Å². The lowest BCUT2D eigenvalue weighted by Crippen LogP contribution is -2.47. The second-order valence-corrected chi connectivity index (χ2v) is 7.21. The number of ether oxygens (including phenoxy) is 1. The lowest BCUT2D eigenvalue weighted by molar-refractivity contribution is -0.135. The number of carbonyl (C=O) groups excluding carboxylic acids is 3. The lowest BCUT2D eigenvalue weighted by atomic mass is 9.96. The van der Waals surface area contributed by atoms with Crippen LogP contribution in [0.3, 0.4) is 0 Å². The normalized spacial score (nSPS) is 22.3. The fraction of sp³-hybridized carbons (Fsp3) is 0.526. The first-order chi connectivity index (χ1) is 12.3. The van der Waals surface area contributed by atoms with Gasteiger partial charge in [-0.1, -0.05) is 17.7 Å². The van der Waals surface area contributed by atoms with Crippen LogP contribution in [0, 0.1) is 12.8 Å². The van der Waals surface area contributed by atoms with Crippen LogP contribution in [0.4, 0.5) is 4.79 Å². The monoisotopic (exact) mass is 359 g/mol. The molecule has 1 atom stereocenters. The maximum atomic E-state index is 12.5. The van der Waals surface area contributed by atoms with Gasteiger partial charge < -0.3 is 15.4 Å². The van der Waals surface area contributed by atoms with Crippen LogP contribution in [-0.4, -0.2) is 48.5 Å². The third-order valence-corrected chi connectivity index (χ3v) is 5.15. The summed E-state index contributed by atoms with van der Waals surface area (Å²) in [5.74, 6) is 0.306. The SMILES string of the molecule is COc1ccc(C)cc1CCNC(=O)CN1C(=O)N[C@@](C)(C2CC2)C1=O. The molecule has 1 heterocycles. The van der Waals surface area contributed by atoms with Crippen molar-refractivity contribution in [2.45, 2.75) is 38.6 Å². The van der Waals surface area contributed by atoms with Crippen molar-refractivity contribution < 1.29 is 19.1 Å². The topological polar surface area (TPSA) is 87.7 Å². The molecule has 0 radical (unpaired) electrons. The van der Waals surface area contributed by atoms with Crippen molar-refractivity contribution in [3.05, 3.63) is 29.3 Å². The number of hydrogen-bond donors (Lipinski definition) is 2. The number of nitrogens with one attached hydrogen (secondary N) is 2. The zero-order valence-electron chi connectivity index (χ0n) is 15.4. The van der Waals surface area contributed by atoms with E-state index in [-0.39, 0.29) is 24.3 Å². The van der Waals surface area contributed by atoms with E-state index in [4.69, 9.17) is 4.74 Å². The molecule has 1 aromatic rings. The first kappa shape index (κ1) is 18.2. The van der Waals surface area contributed by atoms with E-state index in [1.54, 1.807) is 14.0 Å². The van der Waals surface area contributed by atoms with Crippen molar-refractivity contribution >= 4 is 17.8 Å². The van der Waals surface area contributed by atoms with Crippen molar-refractivity contribution in [2.24, 2.45) is 5.92 Å². The molecule has 7 nitrogen and oxygen atoms in total. The van der Waals surface area contributed by atoms with Gasteiger partial charge in [-0.05, 0) is 50.7 Å². The molecule has 2 aliphatic rings. The average molecular weight is 359 g/mol. The van der Waals surface area contributed by atoms with Gasteiger partial charge in [0.15, 0.2) is 0 Å². The van der Waals surface area contributed by atoms with Gasteiger partial charge in [-0.2, -0.15) is 0 Å². The molecule has 0 aromatic heterocycles. The molecular formula is C19H25N3O4. The molecule has 1 aromatic carbocycles. The van der Waals surface area contributed by atoms with Crippen molar-refractivity contribution in [2.75, 3.05) is 20.2 Å². The summed E-state index contributed by atoms with van der Waals surface area (Å²) in [6.45, 7) is 3.89. The van der Waals surface area contributed by atoms with Gasteiger partial charge in [-0.15, -0.1) is 0 Å². The summed E-state index contributed by atoms with van der Waals surface area (Å²) < 4.78 is 5.33. The van der Waals surface area contributed by atoms with E-state index in [0.717, 1.165) is 34.6 Å². The minimum Gasteiger partial charge on any atom is -0.496 e. The van der Waals surface area contributed by atoms with Crippen molar-refractivity contribution in [1.82, 2.24) is 15.5 Å². The second kappa shape index (κ2) is 6.97. The molecule has 1 aliphatic heterocycles. The number of aryl methyl sites for hydroxylation is 1. The molecule has 1 saturated heterocycles. The minimum atomic E-state index is -0.855. The fourth-order valence-electron chi connectivity index (χ4n) is 3.44. The van der Waals surface area contributed by atoms with Crippen molar-refractivity contribution in [3.63, 3.8) is 0 Å². The second-order valence-electron chi connectivity index (χ2n) is 7.21. The molecule has 0 bridgehead atoms. The number of carbonyl (C=O) groups is 3. The first-order valence-electron chi connectivity index (χ1n) is 8.89. The van der Waals surface area contributed by atoms with Crippen LogP contribution >= 0.6 is 0 Å². The Morgan fingerprint density at radius 3 is 2.77 bits per heavy atom. The molecule has 140 valence electrons. The van der Waals surface area contributed by atoms with Gasteiger partial charge in [0.25, 0.3) is 5.91 Å². The Morgan fingerprint density at radius 2 is 2.12 bits per heavy atom. The number of imide groups is 1. The van der Waals surface area contributed by atoms with Crippen molar-refractivity contribution in [1.29, 1.82) is 0 Å². The Hall–Kier alpha value is -2.57. The maximum Gasteiger partial charge on any atom is 0.325 e. The van der Waals surface area contributed by atoms with E-state index < -0.39 is 11.6 Å². The molecule has 1 aliphatic carbocycles. The predicted octanol–water partition coefficient (Wildman–Crippen LogP) is 1.38. The Labute approximate surface area is 153 Å². The van der Waals surface area contributed by atoms with Crippen LogP contribution in [0.5, 0.6) is 5.75 Å². The van der Waals surface area contributed by atoms with Gasteiger partial charge in [0.1, 0.15) is 17.8 Å². The summed E-state index contributed by atoms with van der Waals surface area (Å²) in [6.07, 6.45) is 2.47. The first-order valence-corrected chi connectivity index (χ1v) is 8.89. The van der Waals surface area contributed by atoms with Crippen LogP contribution in [-0.2, 0) is 16.0 Å². The highest BCUT2D eigenvalue weighted by Crippen LogP contribution is 2.42. The minimum absolute atomic E-state index is 0.181. The van der Waals surface area contributed by atoms with Crippen LogP contribution in [0.15, 0.2) is 18.2 Å². The Kier molecular flexibility index (Phi) is 4.89. The molecule has 2 fully saturated rings. The summed E-state index contributed by atoms with van der Waals surface area (Å²) in [5.41, 5.74) is 1.27. The summed E-state index contributed by atoms with van der Waals surface area (Å²) >= 11 is 0. The summed E-state index contributed by atoms with van der Waals surface area (Å²) in [5, 5.41) is 5.52. The largest absolute Gasteiger partial charge is 0.496 e. The molecule has 7 heteroatoms. The smallest absolute Gasteiger partial charge is 0.325 e. The quantitative estimate of drug-likeness (QED) is 0.720. The van der Waals surface area contributed by atoms with Crippen LogP contribution in [0.1, 0.15) is 30.9 Å². The zero-order valence-corrected chi connectivity index (χ0v) is 15.4. The Bertz CT molecular complexity index is 744. The summed E-state index contributed by atoms with van der Waals surface area (Å²) in [7, 11) is 1.61. The molecule has 0 spiro atoms. The van der Waals surface area contributed by atoms with Gasteiger partial charge >= 0.3 is 6.03 Å². The number of nitrogens with zero attached hydrogens (tertiary/aromatic N) is 1. The molecular weight excluding hydrogens is 334 g/mol. The predicted molar refractivity (Wildman–Crippen MR) is 95.8 cm³/mol. The highest BCUT2D eigenvalue weighted by Gasteiger charge is 2.56. The number of benzene rings is 1. The van der Waals surface area contributed by atoms with E-state index in [1.807, 2.05) is 25.1 Å². The Morgan fingerprint density at radius 1 is 1.38 bits per heavy atom. The molecule has 26 heavy (non-hydrogen) atoms. The number of urea groups is 1. The van der Waals surface area contributed by atoms with E-state index >= 15 is 0 Å². The van der Waals surface area contributed by atoms with Gasteiger partial charge in [0, 0.05) is 6.54 Å². The Balaban J connectivity index is 1.53. The van der Waals surface area contributed by atoms with Gasteiger partial charge in [-0.3, -0.25) is 14.5 Å². The van der Waals surface area contributed by atoms with Gasteiger partial charge in [-0.25, -0.2) is 4.79 Å². The van der Waals surface area contributed by atoms with E-state index in [1.165, 1.54) is 0 Å². The van der Waals surface area contributed by atoms with Crippen LogP contribution < -0.4 is 15.4 Å². The zero-order chi connectivity index (χ0) is 18.9. The van der Waals surface area contributed by atoms with Crippen LogP contribution in [0.2, 0.25) is 0 Å². The van der Waals surface area contributed by atoms with Crippen LogP contribution in [0.25, 0.3) is 0 Å². The van der Waals surface area contributed by atoms with Gasteiger partial charge in [0.05, 0.1) is 7.11 Å². The summed E-state index contributed by atoms with van der Waals surface area (Å²) in [4.78, 5) is 37.8. The van der Waals surface area contributed by atoms with Crippen molar-refractivity contribution in [3.8, 4) is 5.75 Å². The molecule has 4 amide bonds. The van der Waals surface area contributed by atoms with Gasteiger partial charge in [0.2, 0.25) is 5.91 Å². The fourth-order valence-corrected chi connectivity index (χ4v) is 3.44. The maximum absolute atomic E-state index is 12.5. The highest BCUT2D eigenvalue weighted by molar-refractivity contribution is 6.09. The number of amides is 4.